The van der Waals surface area contributed by atoms with Gasteiger partial charge in [0.2, 0.25) is 0 Å². The first-order valence-electron chi connectivity index (χ1n) is 6.70. The molecule has 1 unspecified atom stereocenters. The molecule has 5 nitrogen and oxygen atoms in total. The van der Waals surface area contributed by atoms with Gasteiger partial charge in [0.25, 0.3) is 0 Å². The molecule has 4 rings (SSSR count). The minimum atomic E-state index is 0.00548. The van der Waals surface area contributed by atoms with Crippen molar-refractivity contribution in [2.24, 2.45) is 5.73 Å². The van der Waals surface area contributed by atoms with Crippen LogP contribution in [0, 0.1) is 6.92 Å². The number of aryl methyl sites for hydroxylation is 1. The minimum Gasteiger partial charge on any atom is -0.324 e. The monoisotopic (exact) mass is 247 g/mol. The highest BCUT2D eigenvalue weighted by atomic mass is 15.4. The van der Waals surface area contributed by atoms with Crippen LogP contribution in [-0.4, -0.2) is 52.5 Å². The first-order chi connectivity index (χ1) is 8.65. The molecule has 5 heteroatoms. The zero-order valence-corrected chi connectivity index (χ0v) is 11.1. The van der Waals surface area contributed by atoms with E-state index in [4.69, 9.17) is 5.73 Å². The summed E-state index contributed by atoms with van der Waals surface area (Å²) in [6, 6.07) is 0.374. The zero-order valence-electron chi connectivity index (χ0n) is 11.1. The largest absolute Gasteiger partial charge is 0.324 e. The Morgan fingerprint density at radius 1 is 1.33 bits per heavy atom. The molecule has 2 atom stereocenters. The lowest BCUT2D eigenvalue weighted by Gasteiger charge is -2.46. The summed E-state index contributed by atoms with van der Waals surface area (Å²) in [7, 11) is 0. The lowest BCUT2D eigenvalue weighted by Crippen LogP contribution is -2.57. The van der Waals surface area contributed by atoms with Crippen molar-refractivity contribution >= 4 is 0 Å². The summed E-state index contributed by atoms with van der Waals surface area (Å²) in [6.45, 7) is 9.73. The van der Waals surface area contributed by atoms with Crippen LogP contribution in [0.5, 0.6) is 0 Å². The Bertz CT molecular complexity index is 437. The van der Waals surface area contributed by atoms with Crippen LogP contribution in [0.25, 0.3) is 0 Å². The van der Waals surface area contributed by atoms with E-state index in [1.54, 1.807) is 0 Å². The third-order valence-corrected chi connectivity index (χ3v) is 4.10. The molecule has 2 N–H and O–H groups in total. The van der Waals surface area contributed by atoms with E-state index in [0.717, 1.165) is 36.7 Å². The van der Waals surface area contributed by atoms with Crippen LogP contribution in [0.4, 0.5) is 0 Å². The molecule has 0 radical (unpaired) electrons. The highest BCUT2D eigenvalue weighted by Crippen LogP contribution is 2.27. The van der Waals surface area contributed by atoms with Gasteiger partial charge in [0.15, 0.2) is 0 Å². The van der Waals surface area contributed by atoms with Crippen molar-refractivity contribution in [1.29, 1.82) is 0 Å². The van der Waals surface area contributed by atoms with E-state index in [1.807, 2.05) is 20.0 Å². The normalized spacial score (nSPS) is 32.5. The molecule has 3 saturated heterocycles. The number of nitrogens with zero attached hydrogens (tertiary/aromatic N) is 4. The van der Waals surface area contributed by atoms with Gasteiger partial charge in [-0.2, -0.15) is 0 Å². The first kappa shape index (κ1) is 12.0. The van der Waals surface area contributed by atoms with E-state index in [-0.39, 0.29) is 6.04 Å². The van der Waals surface area contributed by atoms with Crippen molar-refractivity contribution in [2.45, 2.75) is 25.9 Å². The Morgan fingerprint density at radius 3 is 2.56 bits per heavy atom. The molecule has 98 valence electrons. The quantitative estimate of drug-likeness (QED) is 0.823. The summed E-state index contributed by atoms with van der Waals surface area (Å²) >= 11 is 0. The smallest absolute Gasteiger partial charge is 0.146 e. The molecule has 3 aliphatic heterocycles. The molecule has 2 bridgehead atoms. The summed E-state index contributed by atoms with van der Waals surface area (Å²) in [6.07, 6.45) is 1.90. The second kappa shape index (κ2) is 4.57. The van der Waals surface area contributed by atoms with Crippen LogP contribution < -0.4 is 5.73 Å². The Labute approximate surface area is 108 Å². The second-order valence-corrected chi connectivity index (χ2v) is 5.41. The third kappa shape index (κ3) is 2.02. The minimum absolute atomic E-state index is 0.00548. The summed E-state index contributed by atoms with van der Waals surface area (Å²) < 4.78 is 0. The first-order valence-corrected chi connectivity index (χ1v) is 6.70. The van der Waals surface area contributed by atoms with Crippen LogP contribution in [-0.2, 0) is 0 Å². The maximum Gasteiger partial charge on any atom is 0.146 e. The van der Waals surface area contributed by atoms with Crippen LogP contribution in [0.15, 0.2) is 6.20 Å². The van der Waals surface area contributed by atoms with E-state index < -0.39 is 0 Å². The fraction of sp³-hybridized carbons (Fsp3) is 0.692. The number of aromatic nitrogens is 2. The fourth-order valence-corrected chi connectivity index (χ4v) is 2.96. The van der Waals surface area contributed by atoms with Gasteiger partial charge in [-0.15, -0.1) is 0 Å². The number of rotatable bonds is 2. The number of nitrogens with two attached hydrogens (primary N) is 1. The van der Waals surface area contributed by atoms with Crippen molar-refractivity contribution in [3.63, 3.8) is 0 Å². The molecule has 1 aromatic heterocycles. The van der Waals surface area contributed by atoms with Crippen molar-refractivity contribution in [3.8, 4) is 0 Å². The summed E-state index contributed by atoms with van der Waals surface area (Å²) in [5.41, 5.74) is 7.98. The number of hydrogen-bond donors (Lipinski definition) is 1. The predicted octanol–water partition coefficient (Wildman–Crippen LogP) is 0.477. The van der Waals surface area contributed by atoms with E-state index in [2.05, 4.69) is 19.8 Å². The molecular weight excluding hydrogens is 226 g/mol. The van der Waals surface area contributed by atoms with Gasteiger partial charge < -0.3 is 5.73 Å². The standard InChI is InChI=1S/C13H21N5/c1-9(14)11-7-15-13(16-10(11)2)12-8-17-3-5-18(12)6-4-17/h7,9,12H,3-6,8,14H2,1-2H3/t9-,12?/m0/s1. The van der Waals surface area contributed by atoms with Gasteiger partial charge in [-0.1, -0.05) is 0 Å². The molecule has 18 heavy (non-hydrogen) atoms. The average molecular weight is 247 g/mol. The molecule has 0 saturated carbocycles. The Kier molecular flexibility index (Phi) is 3.05. The van der Waals surface area contributed by atoms with Gasteiger partial charge in [0, 0.05) is 56.2 Å². The van der Waals surface area contributed by atoms with E-state index >= 15 is 0 Å². The van der Waals surface area contributed by atoms with Crippen molar-refractivity contribution in [3.05, 3.63) is 23.3 Å². The van der Waals surface area contributed by atoms with Gasteiger partial charge in [-0.3, -0.25) is 9.80 Å². The van der Waals surface area contributed by atoms with Gasteiger partial charge in [-0.05, 0) is 13.8 Å². The number of hydrogen-bond acceptors (Lipinski definition) is 5. The lowest BCUT2D eigenvalue weighted by molar-refractivity contribution is 0.00855. The maximum atomic E-state index is 5.90. The van der Waals surface area contributed by atoms with Crippen molar-refractivity contribution < 1.29 is 0 Å². The molecule has 1 aromatic rings. The number of fused-ring (bicyclic) bond motifs is 3. The van der Waals surface area contributed by atoms with E-state index in [1.165, 1.54) is 13.1 Å². The summed E-state index contributed by atoms with van der Waals surface area (Å²) in [4.78, 5) is 14.2. The topological polar surface area (TPSA) is 58.3 Å². The highest BCUT2D eigenvalue weighted by Gasteiger charge is 2.34. The van der Waals surface area contributed by atoms with Crippen LogP contribution in [0.3, 0.4) is 0 Å². The summed E-state index contributed by atoms with van der Waals surface area (Å²) in [5, 5.41) is 0. The zero-order chi connectivity index (χ0) is 12.7. The SMILES string of the molecule is Cc1nc(C2CN3CCN2CC3)ncc1[C@H](C)N. The molecular formula is C13H21N5. The maximum absolute atomic E-state index is 5.90. The third-order valence-electron chi connectivity index (χ3n) is 4.10. The van der Waals surface area contributed by atoms with Gasteiger partial charge >= 0.3 is 0 Å². The van der Waals surface area contributed by atoms with Crippen molar-refractivity contribution in [2.75, 3.05) is 32.7 Å². The lowest BCUT2D eigenvalue weighted by atomic mass is 10.1. The molecule has 3 fully saturated rings. The predicted molar refractivity (Wildman–Crippen MR) is 70.1 cm³/mol. The van der Waals surface area contributed by atoms with Gasteiger partial charge in [-0.25, -0.2) is 9.97 Å². The molecule has 0 amide bonds. The number of piperazine rings is 3. The van der Waals surface area contributed by atoms with Gasteiger partial charge in [0.1, 0.15) is 5.82 Å². The van der Waals surface area contributed by atoms with E-state index in [9.17, 15) is 0 Å². The summed E-state index contributed by atoms with van der Waals surface area (Å²) in [5.74, 6) is 0.960. The molecule has 0 spiro atoms. The van der Waals surface area contributed by atoms with Crippen LogP contribution >= 0.6 is 0 Å². The van der Waals surface area contributed by atoms with Crippen molar-refractivity contribution in [1.82, 2.24) is 19.8 Å². The Morgan fingerprint density at radius 2 is 2.06 bits per heavy atom. The molecule has 3 aliphatic rings. The molecule has 0 aliphatic carbocycles. The van der Waals surface area contributed by atoms with E-state index in [0.29, 0.717) is 6.04 Å². The fourth-order valence-electron chi connectivity index (χ4n) is 2.96. The second-order valence-electron chi connectivity index (χ2n) is 5.41. The van der Waals surface area contributed by atoms with Crippen LogP contribution in [0.1, 0.15) is 36.1 Å². The van der Waals surface area contributed by atoms with Gasteiger partial charge in [0.05, 0.1) is 6.04 Å². The van der Waals surface area contributed by atoms with Crippen LogP contribution in [0.2, 0.25) is 0 Å². The molecule has 0 aromatic carbocycles. The Hall–Kier alpha value is -1.04. The average Bonchev–Trinajstić information content (AvgIpc) is 2.39. The Balaban J connectivity index is 1.86. The molecule has 4 heterocycles. The highest BCUT2D eigenvalue weighted by molar-refractivity contribution is 5.20.